The fourth-order valence-corrected chi connectivity index (χ4v) is 2.65. The Morgan fingerprint density at radius 2 is 1.55 bits per heavy atom. The third-order valence-electron chi connectivity index (χ3n) is 4.18. The van der Waals surface area contributed by atoms with Crippen molar-refractivity contribution in [2.75, 3.05) is 7.11 Å². The Bertz CT molecular complexity index is 503. The zero-order chi connectivity index (χ0) is 16.5. The molecular weight excluding hydrogens is 304 g/mol. The number of hydrogen-bond acceptors (Lipinski definition) is 3. The normalized spacial score (nSPS) is 30.1. The van der Waals surface area contributed by atoms with Gasteiger partial charge in [0.2, 0.25) is 0 Å². The minimum atomic E-state index is -4.62. The lowest BCUT2D eigenvalue weighted by atomic mass is 9.83. The lowest BCUT2D eigenvalue weighted by molar-refractivity contribution is -0.205. The summed E-state index contributed by atoms with van der Waals surface area (Å²) < 4.78 is 63.9. The van der Waals surface area contributed by atoms with Crippen LogP contribution in [0.4, 0.5) is 17.6 Å². The molecule has 0 unspecified atom stereocenters. The van der Waals surface area contributed by atoms with E-state index < -0.39 is 35.3 Å². The highest BCUT2D eigenvalue weighted by Gasteiger charge is 2.65. The van der Waals surface area contributed by atoms with Crippen LogP contribution in [0, 0.1) is 11.8 Å². The predicted octanol–water partition coefficient (Wildman–Crippen LogP) is 4.05. The SMILES string of the molecule is COC1=CC=C(OC(=O)C2CCC(C)CC2)C(F)(F)C1(F)F. The summed E-state index contributed by atoms with van der Waals surface area (Å²) in [6.07, 6.45) is 3.99. The van der Waals surface area contributed by atoms with Crippen LogP contribution in [0.25, 0.3) is 0 Å². The average Bonchev–Trinajstić information content (AvgIpc) is 2.45. The van der Waals surface area contributed by atoms with Crippen LogP contribution in [0.15, 0.2) is 23.7 Å². The van der Waals surface area contributed by atoms with Crippen molar-refractivity contribution in [2.24, 2.45) is 11.8 Å². The second-order valence-electron chi connectivity index (χ2n) is 5.79. The molecule has 0 N–H and O–H groups in total. The second-order valence-corrected chi connectivity index (χ2v) is 5.79. The Kier molecular flexibility index (Phi) is 4.54. The first-order chi connectivity index (χ1) is 10.2. The van der Waals surface area contributed by atoms with Crippen LogP contribution in [0.5, 0.6) is 0 Å². The Balaban J connectivity index is 2.13. The summed E-state index contributed by atoms with van der Waals surface area (Å²) in [6.45, 7) is 2.04. The van der Waals surface area contributed by atoms with E-state index in [2.05, 4.69) is 9.47 Å². The molecule has 0 aromatic heterocycles. The standard InChI is InChI=1S/C15H18F4O3/c1-9-3-5-10(6-4-9)13(20)22-12-8-7-11(21-2)14(16,17)15(12,18)19/h7-10H,3-6H2,1-2H3. The van der Waals surface area contributed by atoms with Gasteiger partial charge in [-0.3, -0.25) is 4.79 Å². The highest BCUT2D eigenvalue weighted by atomic mass is 19.3. The number of esters is 1. The molecule has 1 fully saturated rings. The molecule has 3 nitrogen and oxygen atoms in total. The van der Waals surface area contributed by atoms with E-state index in [4.69, 9.17) is 0 Å². The number of rotatable bonds is 3. The molecule has 0 radical (unpaired) electrons. The third kappa shape index (κ3) is 2.85. The van der Waals surface area contributed by atoms with Gasteiger partial charge in [-0.25, -0.2) is 0 Å². The van der Waals surface area contributed by atoms with E-state index in [1.807, 2.05) is 6.92 Å². The topological polar surface area (TPSA) is 35.5 Å². The average molecular weight is 322 g/mol. The molecule has 0 aromatic rings. The molecule has 2 rings (SSSR count). The first-order valence-corrected chi connectivity index (χ1v) is 7.14. The van der Waals surface area contributed by atoms with Gasteiger partial charge in [0, 0.05) is 0 Å². The molecule has 124 valence electrons. The summed E-state index contributed by atoms with van der Waals surface area (Å²) in [6, 6.07) is 0. The zero-order valence-electron chi connectivity index (χ0n) is 12.4. The minimum Gasteiger partial charge on any atom is -0.495 e. The monoisotopic (exact) mass is 322 g/mol. The van der Waals surface area contributed by atoms with Gasteiger partial charge in [0.15, 0.2) is 11.5 Å². The van der Waals surface area contributed by atoms with Gasteiger partial charge in [-0.2, -0.15) is 17.6 Å². The maximum Gasteiger partial charge on any atom is 0.374 e. The minimum absolute atomic E-state index is 0.468. The number of alkyl halides is 4. The van der Waals surface area contributed by atoms with Crippen molar-refractivity contribution in [3.63, 3.8) is 0 Å². The fraction of sp³-hybridized carbons (Fsp3) is 0.667. The van der Waals surface area contributed by atoms with Gasteiger partial charge in [-0.15, -0.1) is 0 Å². The smallest absolute Gasteiger partial charge is 0.374 e. The van der Waals surface area contributed by atoms with E-state index in [0.717, 1.165) is 20.0 Å². The first-order valence-electron chi connectivity index (χ1n) is 7.14. The molecule has 22 heavy (non-hydrogen) atoms. The molecule has 0 heterocycles. The maximum absolute atomic E-state index is 13.9. The molecule has 7 heteroatoms. The van der Waals surface area contributed by atoms with E-state index in [-0.39, 0.29) is 0 Å². The van der Waals surface area contributed by atoms with Crippen molar-refractivity contribution < 1.29 is 31.8 Å². The molecular formula is C15H18F4O3. The first kappa shape index (κ1) is 16.8. The van der Waals surface area contributed by atoms with E-state index >= 15 is 0 Å². The molecule has 0 spiro atoms. The van der Waals surface area contributed by atoms with Crippen molar-refractivity contribution in [3.8, 4) is 0 Å². The van der Waals surface area contributed by atoms with Crippen LogP contribution >= 0.6 is 0 Å². The molecule has 0 atom stereocenters. The fourth-order valence-electron chi connectivity index (χ4n) is 2.65. The molecule has 0 saturated heterocycles. The van der Waals surface area contributed by atoms with Gasteiger partial charge < -0.3 is 9.47 Å². The Morgan fingerprint density at radius 3 is 2.09 bits per heavy atom. The molecule has 0 aromatic carbocycles. The molecule has 2 aliphatic carbocycles. The number of carbonyl (C=O) groups excluding carboxylic acids is 1. The summed E-state index contributed by atoms with van der Waals surface area (Å²) in [5.41, 5.74) is 0. The number of halogens is 4. The number of ether oxygens (including phenoxy) is 2. The lowest BCUT2D eigenvalue weighted by Crippen LogP contribution is -2.47. The summed E-state index contributed by atoms with van der Waals surface area (Å²) in [5.74, 6) is -12.6. The highest BCUT2D eigenvalue weighted by molar-refractivity contribution is 5.74. The quantitative estimate of drug-likeness (QED) is 0.581. The van der Waals surface area contributed by atoms with E-state index in [1.54, 1.807) is 0 Å². The third-order valence-corrected chi connectivity index (χ3v) is 4.18. The van der Waals surface area contributed by atoms with Crippen LogP contribution in [0.2, 0.25) is 0 Å². The van der Waals surface area contributed by atoms with Crippen molar-refractivity contribution in [1.82, 2.24) is 0 Å². The lowest BCUT2D eigenvalue weighted by Gasteiger charge is -2.32. The number of methoxy groups -OCH3 is 1. The summed E-state index contributed by atoms with van der Waals surface area (Å²) in [7, 11) is 0.879. The largest absolute Gasteiger partial charge is 0.495 e. The van der Waals surface area contributed by atoms with Crippen molar-refractivity contribution in [2.45, 2.75) is 44.5 Å². The zero-order valence-corrected chi connectivity index (χ0v) is 12.4. The van der Waals surface area contributed by atoms with Crippen molar-refractivity contribution >= 4 is 5.97 Å². The van der Waals surface area contributed by atoms with E-state index in [0.29, 0.717) is 30.9 Å². The van der Waals surface area contributed by atoms with Gasteiger partial charge in [0.25, 0.3) is 0 Å². The summed E-state index contributed by atoms with van der Waals surface area (Å²) in [4.78, 5) is 11.9. The molecule has 2 aliphatic rings. The van der Waals surface area contributed by atoms with E-state index in [9.17, 15) is 22.4 Å². The van der Waals surface area contributed by atoms with Gasteiger partial charge in [0.05, 0.1) is 13.0 Å². The number of hydrogen-bond donors (Lipinski definition) is 0. The predicted molar refractivity (Wildman–Crippen MR) is 70.3 cm³/mol. The molecule has 0 aliphatic heterocycles. The van der Waals surface area contributed by atoms with Gasteiger partial charge in [-0.05, 0) is 43.8 Å². The molecule has 0 bridgehead atoms. The second kappa shape index (κ2) is 5.93. The maximum atomic E-state index is 13.9. The Morgan fingerprint density at radius 1 is 1.05 bits per heavy atom. The van der Waals surface area contributed by atoms with Crippen molar-refractivity contribution in [3.05, 3.63) is 23.7 Å². The van der Waals surface area contributed by atoms with Crippen molar-refractivity contribution in [1.29, 1.82) is 0 Å². The van der Waals surface area contributed by atoms with Crippen LogP contribution in [0.1, 0.15) is 32.6 Å². The van der Waals surface area contributed by atoms with Gasteiger partial charge in [0.1, 0.15) is 0 Å². The van der Waals surface area contributed by atoms with Crippen LogP contribution < -0.4 is 0 Å². The number of carbonyl (C=O) groups is 1. The van der Waals surface area contributed by atoms with Crippen LogP contribution in [-0.2, 0) is 14.3 Å². The highest BCUT2D eigenvalue weighted by Crippen LogP contribution is 2.48. The van der Waals surface area contributed by atoms with E-state index in [1.165, 1.54) is 0 Å². The molecule has 1 saturated carbocycles. The van der Waals surface area contributed by atoms with Crippen LogP contribution in [-0.4, -0.2) is 24.9 Å². The van der Waals surface area contributed by atoms with Crippen LogP contribution in [0.3, 0.4) is 0 Å². The number of allylic oxidation sites excluding steroid dienone is 4. The Hall–Kier alpha value is -1.53. The van der Waals surface area contributed by atoms with Gasteiger partial charge >= 0.3 is 17.8 Å². The van der Waals surface area contributed by atoms with Gasteiger partial charge in [-0.1, -0.05) is 6.92 Å². The summed E-state index contributed by atoms with van der Waals surface area (Å²) in [5, 5.41) is 0. The summed E-state index contributed by atoms with van der Waals surface area (Å²) >= 11 is 0. The Labute approximate surface area is 126 Å². The molecule has 0 amide bonds.